The van der Waals surface area contributed by atoms with Crippen molar-refractivity contribution in [2.75, 3.05) is 26.3 Å². The van der Waals surface area contributed by atoms with Gasteiger partial charge < -0.3 is 14.4 Å². The van der Waals surface area contributed by atoms with Crippen molar-refractivity contribution in [3.8, 4) is 5.75 Å². The van der Waals surface area contributed by atoms with Crippen LogP contribution in [-0.2, 0) is 14.3 Å². The number of amides is 2. The lowest BCUT2D eigenvalue weighted by molar-refractivity contribution is -0.164. The molecule has 0 bridgehead atoms. The predicted octanol–water partition coefficient (Wildman–Crippen LogP) is 4.73. The Kier molecular flexibility index (Phi) is 9.31. The Morgan fingerprint density at radius 1 is 1.12 bits per heavy atom. The number of benzene rings is 2. The van der Waals surface area contributed by atoms with Gasteiger partial charge in [-0.15, -0.1) is 0 Å². The summed E-state index contributed by atoms with van der Waals surface area (Å²) in [5.41, 5.74) is 1.95. The highest BCUT2D eigenvalue weighted by atomic mass is 16.5. The zero-order chi connectivity index (χ0) is 23.6. The minimum absolute atomic E-state index is 0.0131. The molecule has 0 spiro atoms. The van der Waals surface area contributed by atoms with Gasteiger partial charge in [-0.1, -0.05) is 55.0 Å². The lowest BCUT2D eigenvalue weighted by Crippen LogP contribution is -2.53. The van der Waals surface area contributed by atoms with Crippen LogP contribution in [0.5, 0.6) is 5.75 Å². The summed E-state index contributed by atoms with van der Waals surface area (Å²) in [6.45, 7) is 7.71. The van der Waals surface area contributed by atoms with Crippen LogP contribution in [0.15, 0.2) is 54.6 Å². The van der Waals surface area contributed by atoms with Gasteiger partial charge in [-0.25, -0.2) is 0 Å². The van der Waals surface area contributed by atoms with E-state index in [0.29, 0.717) is 25.3 Å². The molecule has 2 aromatic carbocycles. The Labute approximate surface area is 197 Å². The maximum absolute atomic E-state index is 13.7. The Balaban J connectivity index is 1.97. The van der Waals surface area contributed by atoms with E-state index in [2.05, 4.69) is 0 Å². The second-order valence-corrected chi connectivity index (χ2v) is 8.47. The number of ether oxygens (including phenoxy) is 2. The topological polar surface area (TPSA) is 59.1 Å². The number of nitrogens with zero attached hydrogens (tertiary/aromatic N) is 2. The molecule has 178 valence electrons. The largest absolute Gasteiger partial charge is 0.484 e. The van der Waals surface area contributed by atoms with Crippen molar-refractivity contribution in [1.82, 2.24) is 9.80 Å². The molecule has 0 N–H and O–H groups in total. The summed E-state index contributed by atoms with van der Waals surface area (Å²) in [6, 6.07) is 16.7. The summed E-state index contributed by atoms with van der Waals surface area (Å²) in [7, 11) is 0. The minimum atomic E-state index is -0.650. The maximum Gasteiger partial charge on any atom is 0.263 e. The van der Waals surface area contributed by atoms with Crippen LogP contribution in [0, 0.1) is 6.92 Å². The molecule has 2 aromatic rings. The van der Waals surface area contributed by atoms with Gasteiger partial charge in [0.25, 0.3) is 5.91 Å². The molecule has 1 saturated heterocycles. The highest BCUT2D eigenvalue weighted by molar-refractivity contribution is 5.88. The van der Waals surface area contributed by atoms with Gasteiger partial charge in [0.05, 0.1) is 0 Å². The molecule has 1 unspecified atom stereocenters. The standard InChI is InChI=1S/C27H36N2O4/c1-4-18-32-27(22-13-11-12-21(3)19-22)29(24-16-9-10-17-28(5-2)26(24)31)25(30)20-33-23-14-7-6-8-15-23/h6-8,11-15,19,24,27H,4-5,9-10,16-18,20H2,1-3H3/t24-,27?/m0/s1. The number of para-hydroxylation sites is 1. The smallest absolute Gasteiger partial charge is 0.263 e. The summed E-state index contributed by atoms with van der Waals surface area (Å²) in [5, 5.41) is 0. The number of likely N-dealkylation sites (tertiary alicyclic amines) is 1. The fraction of sp³-hybridized carbons (Fsp3) is 0.481. The Morgan fingerprint density at radius 3 is 2.61 bits per heavy atom. The van der Waals surface area contributed by atoms with Crippen LogP contribution in [-0.4, -0.2) is 54.0 Å². The SMILES string of the molecule is CCCOC(c1cccc(C)c1)N(C(=O)COc1ccccc1)[C@H]1CCCCN(CC)C1=O. The zero-order valence-electron chi connectivity index (χ0n) is 20.0. The summed E-state index contributed by atoms with van der Waals surface area (Å²) < 4.78 is 12.1. The van der Waals surface area contributed by atoms with Crippen molar-refractivity contribution in [2.24, 2.45) is 0 Å². The van der Waals surface area contributed by atoms with E-state index in [-0.39, 0.29) is 18.4 Å². The Hall–Kier alpha value is -2.86. The number of carbonyl (C=O) groups excluding carboxylic acids is 2. The van der Waals surface area contributed by atoms with E-state index >= 15 is 0 Å². The van der Waals surface area contributed by atoms with Crippen molar-refractivity contribution in [2.45, 2.75) is 58.7 Å². The van der Waals surface area contributed by atoms with Crippen LogP contribution < -0.4 is 4.74 Å². The molecule has 2 amide bonds. The first-order valence-corrected chi connectivity index (χ1v) is 12.0. The normalized spacial score (nSPS) is 17.4. The quantitative estimate of drug-likeness (QED) is 0.489. The van der Waals surface area contributed by atoms with E-state index in [1.807, 2.05) is 80.3 Å². The number of aryl methyl sites for hydroxylation is 1. The lowest BCUT2D eigenvalue weighted by Gasteiger charge is -2.38. The minimum Gasteiger partial charge on any atom is -0.484 e. The van der Waals surface area contributed by atoms with Crippen LogP contribution >= 0.6 is 0 Å². The zero-order valence-corrected chi connectivity index (χ0v) is 20.0. The molecular formula is C27H36N2O4. The van der Waals surface area contributed by atoms with Gasteiger partial charge >= 0.3 is 0 Å². The third-order valence-corrected chi connectivity index (χ3v) is 5.92. The second kappa shape index (κ2) is 12.4. The van der Waals surface area contributed by atoms with Gasteiger partial charge in [-0.05, 0) is 51.7 Å². The van der Waals surface area contributed by atoms with Gasteiger partial charge in [-0.3, -0.25) is 14.5 Å². The summed E-state index contributed by atoms with van der Waals surface area (Å²) in [5.74, 6) is 0.355. The van der Waals surface area contributed by atoms with Crippen LogP contribution in [0.25, 0.3) is 0 Å². The number of hydrogen-bond acceptors (Lipinski definition) is 4. The van der Waals surface area contributed by atoms with E-state index < -0.39 is 12.3 Å². The first-order valence-electron chi connectivity index (χ1n) is 12.0. The van der Waals surface area contributed by atoms with Crippen molar-refractivity contribution < 1.29 is 19.1 Å². The maximum atomic E-state index is 13.7. The van der Waals surface area contributed by atoms with Crippen molar-refractivity contribution in [3.63, 3.8) is 0 Å². The van der Waals surface area contributed by atoms with E-state index in [1.54, 1.807) is 4.90 Å². The van der Waals surface area contributed by atoms with Gasteiger partial charge in [0, 0.05) is 25.3 Å². The third kappa shape index (κ3) is 6.57. The molecule has 1 heterocycles. The molecule has 0 aliphatic carbocycles. The van der Waals surface area contributed by atoms with Gasteiger partial charge in [0.2, 0.25) is 5.91 Å². The van der Waals surface area contributed by atoms with Crippen molar-refractivity contribution in [1.29, 1.82) is 0 Å². The molecule has 1 aliphatic heterocycles. The van der Waals surface area contributed by atoms with Crippen LogP contribution in [0.1, 0.15) is 56.9 Å². The fourth-order valence-electron chi connectivity index (χ4n) is 4.25. The van der Waals surface area contributed by atoms with Crippen molar-refractivity contribution >= 4 is 11.8 Å². The van der Waals surface area contributed by atoms with E-state index in [4.69, 9.17) is 9.47 Å². The molecule has 1 fully saturated rings. The number of likely N-dealkylation sites (N-methyl/N-ethyl adjacent to an activating group) is 1. The first kappa shape index (κ1) is 24.8. The van der Waals surface area contributed by atoms with E-state index in [1.165, 1.54) is 0 Å². The van der Waals surface area contributed by atoms with Crippen LogP contribution in [0.4, 0.5) is 0 Å². The summed E-state index contributed by atoms with van der Waals surface area (Å²) in [4.78, 5) is 30.7. The molecule has 0 saturated carbocycles. The molecule has 3 rings (SSSR count). The average Bonchev–Trinajstić information content (AvgIpc) is 3.01. The van der Waals surface area contributed by atoms with Crippen LogP contribution in [0.3, 0.4) is 0 Å². The number of carbonyl (C=O) groups is 2. The molecular weight excluding hydrogens is 416 g/mol. The highest BCUT2D eigenvalue weighted by Gasteiger charge is 2.39. The van der Waals surface area contributed by atoms with Gasteiger partial charge in [0.15, 0.2) is 12.8 Å². The first-order chi connectivity index (χ1) is 16.0. The van der Waals surface area contributed by atoms with Gasteiger partial charge in [0.1, 0.15) is 11.8 Å². The Morgan fingerprint density at radius 2 is 1.91 bits per heavy atom. The van der Waals surface area contributed by atoms with Crippen molar-refractivity contribution in [3.05, 3.63) is 65.7 Å². The average molecular weight is 453 g/mol. The summed E-state index contributed by atoms with van der Waals surface area (Å²) in [6.07, 6.45) is 2.59. The molecule has 2 atom stereocenters. The molecule has 1 aliphatic rings. The number of rotatable bonds is 10. The van der Waals surface area contributed by atoms with Crippen LogP contribution in [0.2, 0.25) is 0 Å². The molecule has 33 heavy (non-hydrogen) atoms. The monoisotopic (exact) mass is 452 g/mol. The third-order valence-electron chi connectivity index (χ3n) is 5.92. The predicted molar refractivity (Wildman–Crippen MR) is 129 cm³/mol. The Bertz CT molecular complexity index is 902. The van der Waals surface area contributed by atoms with E-state index in [9.17, 15) is 9.59 Å². The summed E-state index contributed by atoms with van der Waals surface area (Å²) >= 11 is 0. The highest BCUT2D eigenvalue weighted by Crippen LogP contribution is 2.30. The molecule has 0 aromatic heterocycles. The fourth-order valence-corrected chi connectivity index (χ4v) is 4.25. The molecule has 0 radical (unpaired) electrons. The molecule has 6 nitrogen and oxygen atoms in total. The molecule has 6 heteroatoms. The number of hydrogen-bond donors (Lipinski definition) is 0. The van der Waals surface area contributed by atoms with E-state index in [0.717, 1.165) is 36.9 Å². The van der Waals surface area contributed by atoms with Gasteiger partial charge in [-0.2, -0.15) is 0 Å². The lowest BCUT2D eigenvalue weighted by atomic mass is 10.0. The second-order valence-electron chi connectivity index (χ2n) is 8.47.